The van der Waals surface area contributed by atoms with Crippen molar-refractivity contribution in [2.75, 3.05) is 58.7 Å². The summed E-state index contributed by atoms with van der Waals surface area (Å²) in [5.74, 6) is 0.334. The van der Waals surface area contributed by atoms with Crippen molar-refractivity contribution >= 4 is 22.6 Å². The number of benzene rings is 2. The van der Waals surface area contributed by atoms with Crippen molar-refractivity contribution < 1.29 is 14.4 Å². The number of unbranched alkanes of at least 4 members (excludes halogenated alkanes) is 1. The predicted molar refractivity (Wildman–Crippen MR) is 143 cm³/mol. The van der Waals surface area contributed by atoms with E-state index in [9.17, 15) is 9.90 Å². The molecule has 7 nitrogen and oxygen atoms in total. The quantitative estimate of drug-likeness (QED) is 0.273. The van der Waals surface area contributed by atoms with Gasteiger partial charge in [0.25, 0.3) is 0 Å². The normalized spacial score (nSPS) is 15.9. The van der Waals surface area contributed by atoms with E-state index in [2.05, 4.69) is 53.7 Å². The third-order valence-corrected chi connectivity index (χ3v) is 7.14. The number of anilines is 1. The lowest BCUT2D eigenvalue weighted by Crippen LogP contribution is -2.55. The molecule has 0 saturated carbocycles. The number of phenolic OH excluding ortho intramolecular Hbond substituents is 1. The Morgan fingerprint density at radius 2 is 1.86 bits per heavy atom. The molecule has 0 atom stereocenters. The fraction of sp³-hybridized carbons (Fsp3) is 0.464. The molecule has 0 unspecified atom stereocenters. The Hall–Kier alpha value is -3.03. The highest BCUT2D eigenvalue weighted by molar-refractivity contribution is 5.90. The minimum atomic E-state index is -0.205. The van der Waals surface area contributed by atoms with Crippen LogP contribution in [0.15, 0.2) is 42.6 Å². The van der Waals surface area contributed by atoms with Crippen LogP contribution in [0.2, 0.25) is 0 Å². The smallest absolute Gasteiger partial charge is 0.319 e. The third-order valence-electron chi connectivity index (χ3n) is 7.14. The van der Waals surface area contributed by atoms with Crippen molar-refractivity contribution in [3.63, 3.8) is 0 Å². The summed E-state index contributed by atoms with van der Waals surface area (Å²) in [6, 6.07) is 11.8. The molecule has 1 aliphatic heterocycles. The van der Waals surface area contributed by atoms with Gasteiger partial charge in [-0.15, -0.1) is 0 Å². The monoisotopic (exact) mass is 478 g/mol. The summed E-state index contributed by atoms with van der Waals surface area (Å²) in [6.07, 6.45) is 5.41. The van der Waals surface area contributed by atoms with E-state index in [4.69, 9.17) is 0 Å². The molecule has 7 heteroatoms. The van der Waals surface area contributed by atoms with E-state index in [0.717, 1.165) is 89.7 Å². The number of rotatable bonds is 9. The van der Waals surface area contributed by atoms with E-state index in [1.165, 1.54) is 0 Å². The average molecular weight is 479 g/mol. The number of aryl methyl sites for hydroxylation is 1. The van der Waals surface area contributed by atoms with E-state index >= 15 is 0 Å². The maximum atomic E-state index is 12.7. The van der Waals surface area contributed by atoms with Crippen molar-refractivity contribution in [3.8, 4) is 5.75 Å². The molecule has 2 heterocycles. The number of carbonyl (C=O) groups excluding carboxylic acids is 1. The number of nitrogens with zero attached hydrogens (tertiary/aromatic N) is 2. The average Bonchev–Trinajstić information content (AvgIpc) is 3.24. The second kappa shape index (κ2) is 11.1. The molecular weight excluding hydrogens is 438 g/mol. The minimum absolute atomic E-state index is 0.205. The fourth-order valence-electron chi connectivity index (χ4n) is 4.78. The largest absolute Gasteiger partial charge is 0.507 e. The van der Waals surface area contributed by atoms with Gasteiger partial charge in [-0.2, -0.15) is 0 Å². The van der Waals surface area contributed by atoms with Crippen LogP contribution < -0.4 is 10.6 Å². The number of phenols is 1. The van der Waals surface area contributed by atoms with Gasteiger partial charge in [-0.1, -0.05) is 31.5 Å². The predicted octanol–water partition coefficient (Wildman–Crippen LogP) is 4.32. The standard InChI is InChI=1S/C28H39N5O2/c1-4-5-8-21-18-24(31-28(35)29-11-12-32-13-15-33(2,3)16-14-32)19-22(27(21)34)17-23-20-30-26-10-7-6-9-25(23)26/h6-7,9-10,18-20,30H,4-5,8,11-17H2,1-3H3,(H2-,29,31,34,35)/p+1. The van der Waals surface area contributed by atoms with Gasteiger partial charge >= 0.3 is 6.03 Å². The second-order valence-corrected chi connectivity index (χ2v) is 10.4. The number of hydrogen-bond donors (Lipinski definition) is 4. The third kappa shape index (κ3) is 6.55. The van der Waals surface area contributed by atoms with Crippen LogP contribution in [-0.4, -0.2) is 78.9 Å². The number of piperazine rings is 1. The molecule has 1 fully saturated rings. The summed E-state index contributed by atoms with van der Waals surface area (Å²) < 4.78 is 1.06. The van der Waals surface area contributed by atoms with E-state index < -0.39 is 0 Å². The summed E-state index contributed by atoms with van der Waals surface area (Å²) in [6.45, 7) is 8.01. The number of amides is 2. The Morgan fingerprint density at radius 1 is 1.11 bits per heavy atom. The van der Waals surface area contributed by atoms with Crippen LogP contribution in [0.5, 0.6) is 5.75 Å². The molecule has 2 amide bonds. The maximum Gasteiger partial charge on any atom is 0.319 e. The van der Waals surface area contributed by atoms with Crippen LogP contribution in [-0.2, 0) is 12.8 Å². The van der Waals surface area contributed by atoms with Gasteiger partial charge in [-0.3, -0.25) is 4.90 Å². The molecule has 0 spiro atoms. The lowest BCUT2D eigenvalue weighted by molar-refractivity contribution is -0.894. The van der Waals surface area contributed by atoms with Gasteiger partial charge in [-0.25, -0.2) is 4.79 Å². The first-order valence-electron chi connectivity index (χ1n) is 12.8. The molecule has 0 radical (unpaired) electrons. The number of para-hydroxylation sites is 1. The topological polar surface area (TPSA) is 80.4 Å². The van der Waals surface area contributed by atoms with Crippen LogP contribution in [0, 0.1) is 0 Å². The number of fused-ring (bicyclic) bond motifs is 1. The van der Waals surface area contributed by atoms with Gasteiger partial charge in [-0.05, 0) is 42.2 Å². The number of aromatic amines is 1. The zero-order valence-corrected chi connectivity index (χ0v) is 21.4. The number of hydrogen-bond acceptors (Lipinski definition) is 3. The number of aromatic hydroxyl groups is 1. The van der Waals surface area contributed by atoms with Gasteiger partial charge in [0.05, 0.1) is 27.2 Å². The highest BCUT2D eigenvalue weighted by atomic mass is 16.3. The first-order chi connectivity index (χ1) is 16.8. The van der Waals surface area contributed by atoms with E-state index in [1.54, 1.807) is 0 Å². The number of aromatic nitrogens is 1. The molecule has 3 aromatic rings. The molecular formula is C28H40N5O2+. The highest BCUT2D eigenvalue weighted by Crippen LogP contribution is 2.32. The van der Waals surface area contributed by atoms with E-state index in [-0.39, 0.29) is 6.03 Å². The first-order valence-corrected chi connectivity index (χ1v) is 12.8. The van der Waals surface area contributed by atoms with Gasteiger partial charge in [0.1, 0.15) is 5.75 Å². The Balaban J connectivity index is 1.42. The fourth-order valence-corrected chi connectivity index (χ4v) is 4.78. The highest BCUT2D eigenvalue weighted by Gasteiger charge is 2.23. The maximum absolute atomic E-state index is 12.7. The van der Waals surface area contributed by atoms with Gasteiger partial charge in [0.2, 0.25) is 0 Å². The van der Waals surface area contributed by atoms with Gasteiger partial charge < -0.3 is 25.2 Å². The van der Waals surface area contributed by atoms with Crippen LogP contribution in [0.25, 0.3) is 10.9 Å². The first kappa shape index (κ1) is 25.1. The summed E-state index contributed by atoms with van der Waals surface area (Å²) in [5.41, 5.74) is 4.64. The molecule has 1 aromatic heterocycles. The molecule has 4 N–H and O–H groups in total. The van der Waals surface area contributed by atoms with Crippen LogP contribution in [0.1, 0.15) is 36.5 Å². The molecule has 35 heavy (non-hydrogen) atoms. The van der Waals surface area contributed by atoms with Gasteiger partial charge in [0, 0.05) is 61.0 Å². The summed E-state index contributed by atoms with van der Waals surface area (Å²) in [7, 11) is 4.53. The second-order valence-electron chi connectivity index (χ2n) is 10.4. The number of H-pyrrole nitrogens is 1. The molecule has 188 valence electrons. The molecule has 1 saturated heterocycles. The zero-order valence-electron chi connectivity index (χ0n) is 21.4. The lowest BCUT2D eigenvalue weighted by Gasteiger charge is -2.39. The zero-order chi connectivity index (χ0) is 24.8. The van der Waals surface area contributed by atoms with Crippen molar-refractivity contribution in [3.05, 3.63) is 59.3 Å². The van der Waals surface area contributed by atoms with Gasteiger partial charge in [0.15, 0.2) is 0 Å². The molecule has 4 rings (SSSR count). The summed E-state index contributed by atoms with van der Waals surface area (Å²) in [5, 5.41) is 18.2. The number of nitrogens with one attached hydrogen (secondary N) is 3. The number of likely N-dealkylation sites (N-methyl/N-ethyl adjacent to an activating group) is 1. The van der Waals surface area contributed by atoms with Crippen molar-refractivity contribution in [2.45, 2.75) is 32.6 Å². The SMILES string of the molecule is CCCCc1cc(NC(=O)NCCN2CC[N+](C)(C)CC2)cc(Cc2c[nH]c3ccccc23)c1O. The van der Waals surface area contributed by atoms with Crippen LogP contribution in [0.3, 0.4) is 0 Å². The van der Waals surface area contributed by atoms with Crippen LogP contribution in [0.4, 0.5) is 10.5 Å². The van der Waals surface area contributed by atoms with Crippen LogP contribution >= 0.6 is 0 Å². The number of carbonyl (C=O) groups is 1. The van der Waals surface area contributed by atoms with Crippen molar-refractivity contribution in [1.29, 1.82) is 0 Å². The number of quaternary nitrogens is 1. The summed E-state index contributed by atoms with van der Waals surface area (Å²) >= 11 is 0. The summed E-state index contributed by atoms with van der Waals surface area (Å²) in [4.78, 5) is 18.4. The lowest BCUT2D eigenvalue weighted by atomic mass is 9.97. The molecule has 0 aliphatic carbocycles. The minimum Gasteiger partial charge on any atom is -0.507 e. The Kier molecular flexibility index (Phi) is 7.98. The molecule has 1 aliphatic rings. The van der Waals surface area contributed by atoms with E-state index in [0.29, 0.717) is 18.7 Å². The van der Waals surface area contributed by atoms with E-state index in [1.807, 2.05) is 30.5 Å². The van der Waals surface area contributed by atoms with Crippen molar-refractivity contribution in [2.24, 2.45) is 0 Å². The molecule has 2 aromatic carbocycles. The Morgan fingerprint density at radius 3 is 2.63 bits per heavy atom. The van der Waals surface area contributed by atoms with Crippen molar-refractivity contribution in [1.82, 2.24) is 15.2 Å². The Labute approximate surface area is 208 Å². The molecule has 0 bridgehead atoms. The number of urea groups is 1. The Bertz CT molecular complexity index is 1140.